The molecule has 2 heterocycles. The van der Waals surface area contributed by atoms with Gasteiger partial charge in [-0.2, -0.15) is 0 Å². The van der Waals surface area contributed by atoms with Crippen LogP contribution in [0, 0.1) is 0 Å². The maximum atomic E-state index is 6.32. The van der Waals surface area contributed by atoms with E-state index in [2.05, 4.69) is 54.6 Å². The van der Waals surface area contributed by atoms with Gasteiger partial charge < -0.3 is 9.47 Å². The lowest BCUT2D eigenvalue weighted by Gasteiger charge is -2.38. The molecule has 3 aromatic carbocycles. The molecule has 0 aliphatic carbocycles. The molecule has 5 rings (SSSR count). The third-order valence-electron chi connectivity index (χ3n) is 4.72. The van der Waals surface area contributed by atoms with E-state index in [0.29, 0.717) is 0 Å². The van der Waals surface area contributed by atoms with E-state index in [4.69, 9.17) is 9.47 Å². The van der Waals surface area contributed by atoms with E-state index in [0.717, 1.165) is 29.9 Å². The SMILES string of the molecule is C1=CC2(CCc3ccccc3O2)Oc2ccc3ccccc3c21. The molecule has 2 aliphatic heterocycles. The molecule has 0 saturated carbocycles. The molecular weight excluding hydrogens is 284 g/mol. The zero-order valence-electron chi connectivity index (χ0n) is 12.7. The van der Waals surface area contributed by atoms with Crippen LogP contribution in [0.3, 0.4) is 0 Å². The van der Waals surface area contributed by atoms with Crippen LogP contribution in [0.1, 0.15) is 17.5 Å². The zero-order chi connectivity index (χ0) is 15.3. The first-order valence-corrected chi connectivity index (χ1v) is 8.00. The highest BCUT2D eigenvalue weighted by Crippen LogP contribution is 2.41. The highest BCUT2D eigenvalue weighted by molar-refractivity contribution is 5.93. The van der Waals surface area contributed by atoms with Crippen molar-refractivity contribution in [1.82, 2.24) is 0 Å². The number of ether oxygens (including phenoxy) is 2. The summed E-state index contributed by atoms with van der Waals surface area (Å²) in [5, 5.41) is 2.44. The van der Waals surface area contributed by atoms with Gasteiger partial charge in [-0.05, 0) is 41.0 Å². The van der Waals surface area contributed by atoms with E-state index < -0.39 is 5.79 Å². The van der Waals surface area contributed by atoms with Gasteiger partial charge in [0.25, 0.3) is 5.79 Å². The fourth-order valence-electron chi connectivity index (χ4n) is 3.51. The van der Waals surface area contributed by atoms with Gasteiger partial charge in [0, 0.05) is 18.1 Å². The summed E-state index contributed by atoms with van der Waals surface area (Å²) < 4.78 is 12.5. The van der Waals surface area contributed by atoms with Gasteiger partial charge >= 0.3 is 0 Å². The molecule has 0 bridgehead atoms. The van der Waals surface area contributed by atoms with Gasteiger partial charge in [0.1, 0.15) is 11.5 Å². The van der Waals surface area contributed by atoms with Crippen LogP contribution in [0.4, 0.5) is 0 Å². The first-order chi connectivity index (χ1) is 11.3. The standard InChI is InChI=1S/C21H16O2/c1-3-7-17-15(5-1)9-10-20-18(17)12-14-21(23-20)13-11-16-6-2-4-8-19(16)22-21/h1-10,12,14H,11,13H2. The zero-order valence-corrected chi connectivity index (χ0v) is 12.7. The minimum absolute atomic E-state index is 0.677. The summed E-state index contributed by atoms with van der Waals surface area (Å²) in [5.41, 5.74) is 2.38. The largest absolute Gasteiger partial charge is 0.448 e. The smallest absolute Gasteiger partial charge is 0.271 e. The normalized spacial score (nSPS) is 21.4. The number of hydrogen-bond acceptors (Lipinski definition) is 2. The maximum absolute atomic E-state index is 6.32. The molecule has 1 spiro atoms. The highest BCUT2D eigenvalue weighted by Gasteiger charge is 2.38. The van der Waals surface area contributed by atoms with E-state index in [1.54, 1.807) is 0 Å². The summed E-state index contributed by atoms with van der Waals surface area (Å²) in [4.78, 5) is 0. The summed E-state index contributed by atoms with van der Waals surface area (Å²) in [6.45, 7) is 0. The number of para-hydroxylation sites is 1. The topological polar surface area (TPSA) is 18.5 Å². The van der Waals surface area contributed by atoms with Crippen molar-refractivity contribution in [3.05, 3.63) is 77.9 Å². The monoisotopic (exact) mass is 300 g/mol. The van der Waals surface area contributed by atoms with Crippen molar-refractivity contribution in [2.24, 2.45) is 0 Å². The van der Waals surface area contributed by atoms with Gasteiger partial charge in [-0.25, -0.2) is 0 Å². The molecule has 2 nitrogen and oxygen atoms in total. The number of rotatable bonds is 0. The predicted molar refractivity (Wildman–Crippen MR) is 91.7 cm³/mol. The fourth-order valence-corrected chi connectivity index (χ4v) is 3.51. The Balaban J connectivity index is 1.59. The lowest BCUT2D eigenvalue weighted by atomic mass is 9.95. The Bertz CT molecular complexity index is 941. The van der Waals surface area contributed by atoms with E-state index in [1.807, 2.05) is 18.2 Å². The van der Waals surface area contributed by atoms with Crippen LogP contribution in [0.2, 0.25) is 0 Å². The summed E-state index contributed by atoms with van der Waals surface area (Å²) >= 11 is 0. The van der Waals surface area contributed by atoms with E-state index in [1.165, 1.54) is 16.3 Å². The van der Waals surface area contributed by atoms with Crippen molar-refractivity contribution < 1.29 is 9.47 Å². The summed E-state index contributed by atoms with van der Waals surface area (Å²) in [6, 6.07) is 20.7. The Hall–Kier alpha value is -2.74. The molecule has 3 aromatic rings. The van der Waals surface area contributed by atoms with Crippen LogP contribution in [-0.4, -0.2) is 5.79 Å². The van der Waals surface area contributed by atoms with Gasteiger partial charge in [0.2, 0.25) is 0 Å². The first kappa shape index (κ1) is 12.8. The molecule has 1 atom stereocenters. The van der Waals surface area contributed by atoms with Gasteiger partial charge in [-0.3, -0.25) is 0 Å². The molecular formula is C21H16O2. The molecule has 0 amide bonds. The van der Waals surface area contributed by atoms with Crippen molar-refractivity contribution in [2.75, 3.05) is 0 Å². The van der Waals surface area contributed by atoms with E-state index in [9.17, 15) is 0 Å². The van der Waals surface area contributed by atoms with Gasteiger partial charge in [-0.15, -0.1) is 0 Å². The Morgan fingerprint density at radius 1 is 0.783 bits per heavy atom. The molecule has 112 valence electrons. The van der Waals surface area contributed by atoms with Crippen LogP contribution in [0.5, 0.6) is 11.5 Å². The number of fused-ring (bicyclic) bond motifs is 4. The average Bonchev–Trinajstić information content (AvgIpc) is 2.61. The summed E-state index contributed by atoms with van der Waals surface area (Å²) in [7, 11) is 0. The van der Waals surface area contributed by atoms with Crippen molar-refractivity contribution >= 4 is 16.8 Å². The third-order valence-corrected chi connectivity index (χ3v) is 4.72. The van der Waals surface area contributed by atoms with Crippen LogP contribution in [0.25, 0.3) is 16.8 Å². The summed E-state index contributed by atoms with van der Waals surface area (Å²) in [5.74, 6) is 1.14. The fraction of sp³-hybridized carbons (Fsp3) is 0.143. The number of aryl methyl sites for hydroxylation is 1. The van der Waals surface area contributed by atoms with E-state index in [-0.39, 0.29) is 0 Å². The average molecular weight is 300 g/mol. The minimum atomic E-state index is -0.677. The van der Waals surface area contributed by atoms with Crippen LogP contribution < -0.4 is 9.47 Å². The number of benzene rings is 3. The van der Waals surface area contributed by atoms with Crippen molar-refractivity contribution in [2.45, 2.75) is 18.6 Å². The first-order valence-electron chi connectivity index (χ1n) is 8.00. The predicted octanol–water partition coefficient (Wildman–Crippen LogP) is 4.97. The third kappa shape index (κ3) is 1.95. The molecule has 2 heteroatoms. The Kier molecular flexibility index (Phi) is 2.57. The minimum Gasteiger partial charge on any atom is -0.448 e. The van der Waals surface area contributed by atoms with Crippen LogP contribution in [0.15, 0.2) is 66.7 Å². The highest BCUT2D eigenvalue weighted by atomic mass is 16.7. The molecule has 0 N–H and O–H groups in total. The van der Waals surface area contributed by atoms with Crippen LogP contribution in [-0.2, 0) is 6.42 Å². The number of hydrogen-bond donors (Lipinski definition) is 0. The molecule has 0 fully saturated rings. The van der Waals surface area contributed by atoms with E-state index >= 15 is 0 Å². The van der Waals surface area contributed by atoms with Gasteiger partial charge in [0.05, 0.1) is 0 Å². The Morgan fingerprint density at radius 3 is 2.61 bits per heavy atom. The summed E-state index contributed by atoms with van der Waals surface area (Å²) in [6.07, 6.45) is 6.00. The van der Waals surface area contributed by atoms with Crippen LogP contribution >= 0.6 is 0 Å². The second-order valence-corrected chi connectivity index (χ2v) is 6.16. The molecule has 1 unspecified atom stereocenters. The van der Waals surface area contributed by atoms with Gasteiger partial charge in [-0.1, -0.05) is 48.5 Å². The Labute approximate surface area is 135 Å². The quantitative estimate of drug-likeness (QED) is 0.584. The lowest BCUT2D eigenvalue weighted by molar-refractivity contribution is -0.0862. The maximum Gasteiger partial charge on any atom is 0.271 e. The second kappa shape index (κ2) is 4.63. The second-order valence-electron chi connectivity index (χ2n) is 6.16. The lowest BCUT2D eigenvalue weighted by Crippen LogP contribution is -2.44. The van der Waals surface area contributed by atoms with Crippen molar-refractivity contribution in [3.63, 3.8) is 0 Å². The molecule has 0 aromatic heterocycles. The van der Waals surface area contributed by atoms with Crippen molar-refractivity contribution in [1.29, 1.82) is 0 Å². The molecule has 0 saturated heterocycles. The molecule has 2 aliphatic rings. The molecule has 23 heavy (non-hydrogen) atoms. The van der Waals surface area contributed by atoms with Gasteiger partial charge in [0.15, 0.2) is 0 Å². The van der Waals surface area contributed by atoms with Crippen molar-refractivity contribution in [3.8, 4) is 11.5 Å². The molecule has 0 radical (unpaired) electrons. The Morgan fingerprint density at radius 2 is 1.61 bits per heavy atom.